The van der Waals surface area contributed by atoms with Crippen molar-refractivity contribution < 1.29 is 9.18 Å². The molecule has 0 aromatic heterocycles. The maximum Gasteiger partial charge on any atom is 0.220 e. The molecule has 2 N–H and O–H groups in total. The van der Waals surface area contributed by atoms with E-state index < -0.39 is 0 Å². The van der Waals surface area contributed by atoms with Gasteiger partial charge in [-0.2, -0.15) is 0 Å². The molecule has 1 aromatic rings. The van der Waals surface area contributed by atoms with E-state index in [1.807, 2.05) is 13.0 Å². The zero-order chi connectivity index (χ0) is 18.2. The summed E-state index contributed by atoms with van der Waals surface area (Å²) in [5, 5.41) is 6.01. The van der Waals surface area contributed by atoms with Crippen LogP contribution in [0.3, 0.4) is 0 Å². The number of hydrogen-bond acceptors (Lipinski definition) is 2. The van der Waals surface area contributed by atoms with Crippen molar-refractivity contribution in [3.8, 4) is 0 Å². The quantitative estimate of drug-likeness (QED) is 0.390. The van der Waals surface area contributed by atoms with Gasteiger partial charge in [-0.25, -0.2) is 9.38 Å². The molecule has 7 heteroatoms. The normalized spacial score (nSPS) is 15.4. The summed E-state index contributed by atoms with van der Waals surface area (Å²) in [5.41, 5.74) is 1.52. The summed E-state index contributed by atoms with van der Waals surface area (Å²) < 4.78 is 13.7. The third kappa shape index (κ3) is 6.74. The monoisotopic (exact) mass is 476 g/mol. The van der Waals surface area contributed by atoms with E-state index in [0.717, 1.165) is 44.0 Å². The van der Waals surface area contributed by atoms with E-state index in [1.165, 1.54) is 0 Å². The van der Waals surface area contributed by atoms with Crippen molar-refractivity contribution >= 4 is 35.8 Å². The van der Waals surface area contributed by atoms with Crippen molar-refractivity contribution in [3.63, 3.8) is 0 Å². The molecule has 2 rings (SSSR count). The van der Waals surface area contributed by atoms with Gasteiger partial charge in [0.05, 0.1) is 6.54 Å². The van der Waals surface area contributed by atoms with Crippen LogP contribution in [0.25, 0.3) is 0 Å². The van der Waals surface area contributed by atoms with Crippen LogP contribution in [0.5, 0.6) is 0 Å². The lowest BCUT2D eigenvalue weighted by Crippen LogP contribution is -2.46. The van der Waals surface area contributed by atoms with Crippen molar-refractivity contribution in [1.82, 2.24) is 15.5 Å². The molecule has 0 spiro atoms. The van der Waals surface area contributed by atoms with Crippen LogP contribution in [0, 0.1) is 18.7 Å². The molecule has 1 aliphatic rings. The van der Waals surface area contributed by atoms with E-state index in [0.29, 0.717) is 24.4 Å². The molecule has 0 saturated carbocycles. The van der Waals surface area contributed by atoms with Gasteiger partial charge in [-0.05, 0) is 49.8 Å². The molecule has 0 aliphatic carbocycles. The molecule has 26 heavy (non-hydrogen) atoms. The van der Waals surface area contributed by atoms with E-state index >= 15 is 0 Å². The minimum Gasteiger partial charge on any atom is -0.359 e. The predicted octanol–water partition coefficient (Wildman–Crippen LogP) is 3.07. The number of aryl methyl sites for hydroxylation is 1. The number of rotatable bonds is 5. The number of aliphatic imine (C=N–C) groups is 1. The van der Waals surface area contributed by atoms with Crippen LogP contribution in [-0.2, 0) is 11.3 Å². The smallest absolute Gasteiger partial charge is 0.220 e. The summed E-state index contributed by atoms with van der Waals surface area (Å²) in [6.07, 6.45) is 2.56. The highest BCUT2D eigenvalue weighted by atomic mass is 127. The van der Waals surface area contributed by atoms with Gasteiger partial charge in [-0.15, -0.1) is 24.0 Å². The molecule has 1 heterocycles. The second-order valence-corrected chi connectivity index (χ2v) is 6.56. The number of nitrogens with zero attached hydrogens (tertiary/aromatic N) is 2. The molecule has 0 bridgehead atoms. The standard InChI is InChI=1S/C19H29FN4O.HI/c1-4-22-19(23-13-16-6-5-14(2)17(20)11-16)24-9-7-15(8-10-24)12-18(25)21-3;/h5-6,11,15H,4,7-10,12-13H2,1-3H3,(H,21,25)(H,22,23);1H. The number of halogens is 2. The summed E-state index contributed by atoms with van der Waals surface area (Å²) in [6.45, 7) is 6.82. The third-order valence-corrected chi connectivity index (χ3v) is 4.65. The summed E-state index contributed by atoms with van der Waals surface area (Å²) in [5.74, 6) is 1.22. The molecule has 146 valence electrons. The average molecular weight is 476 g/mol. The number of carbonyl (C=O) groups is 1. The van der Waals surface area contributed by atoms with Crippen LogP contribution in [0.15, 0.2) is 23.2 Å². The highest BCUT2D eigenvalue weighted by Crippen LogP contribution is 2.20. The first kappa shape index (κ1) is 22.7. The van der Waals surface area contributed by atoms with Crippen molar-refractivity contribution in [3.05, 3.63) is 35.1 Å². The molecule has 0 radical (unpaired) electrons. The van der Waals surface area contributed by atoms with E-state index in [9.17, 15) is 9.18 Å². The van der Waals surface area contributed by atoms with Crippen LogP contribution in [0.2, 0.25) is 0 Å². The topological polar surface area (TPSA) is 56.7 Å². The summed E-state index contributed by atoms with van der Waals surface area (Å²) in [7, 11) is 1.68. The van der Waals surface area contributed by atoms with Gasteiger partial charge in [-0.3, -0.25) is 4.79 Å². The Kier molecular flexibility index (Phi) is 9.90. The fraction of sp³-hybridized carbons (Fsp3) is 0.579. The Balaban J connectivity index is 0.00000338. The van der Waals surface area contributed by atoms with E-state index in [2.05, 4.69) is 20.5 Å². The Hall–Kier alpha value is -1.38. The van der Waals surface area contributed by atoms with Crippen molar-refractivity contribution in [2.75, 3.05) is 26.7 Å². The third-order valence-electron chi connectivity index (χ3n) is 4.65. The second kappa shape index (κ2) is 11.4. The number of carbonyl (C=O) groups excluding carboxylic acids is 1. The first-order valence-corrected chi connectivity index (χ1v) is 9.02. The summed E-state index contributed by atoms with van der Waals surface area (Å²) in [4.78, 5) is 18.4. The number of amides is 1. The Labute approximate surface area is 172 Å². The minimum absolute atomic E-state index is 0. The Bertz CT molecular complexity index is 616. The molecule has 1 saturated heterocycles. The lowest BCUT2D eigenvalue weighted by molar-refractivity contribution is -0.121. The molecule has 0 atom stereocenters. The highest BCUT2D eigenvalue weighted by Gasteiger charge is 2.23. The number of nitrogens with one attached hydrogen (secondary N) is 2. The number of piperidine rings is 1. The van der Waals surface area contributed by atoms with Crippen LogP contribution in [0.4, 0.5) is 4.39 Å². The van der Waals surface area contributed by atoms with Gasteiger partial charge in [0.25, 0.3) is 0 Å². The van der Waals surface area contributed by atoms with Gasteiger partial charge in [0.2, 0.25) is 5.91 Å². The van der Waals surface area contributed by atoms with Crippen LogP contribution < -0.4 is 10.6 Å². The Morgan fingerprint density at radius 3 is 2.62 bits per heavy atom. The molecule has 1 amide bonds. The second-order valence-electron chi connectivity index (χ2n) is 6.56. The van der Waals surface area contributed by atoms with Gasteiger partial charge in [0.1, 0.15) is 5.82 Å². The van der Waals surface area contributed by atoms with E-state index in [4.69, 9.17) is 0 Å². The summed E-state index contributed by atoms with van der Waals surface area (Å²) >= 11 is 0. The minimum atomic E-state index is -0.187. The first-order chi connectivity index (χ1) is 12.0. The molecule has 1 aliphatic heterocycles. The largest absolute Gasteiger partial charge is 0.359 e. The molecular weight excluding hydrogens is 446 g/mol. The Morgan fingerprint density at radius 1 is 1.35 bits per heavy atom. The van der Waals surface area contributed by atoms with Gasteiger partial charge < -0.3 is 15.5 Å². The van der Waals surface area contributed by atoms with E-state index in [-0.39, 0.29) is 35.7 Å². The maximum atomic E-state index is 13.7. The number of guanidine groups is 1. The van der Waals surface area contributed by atoms with Crippen molar-refractivity contribution in [2.24, 2.45) is 10.9 Å². The first-order valence-electron chi connectivity index (χ1n) is 9.02. The zero-order valence-corrected chi connectivity index (χ0v) is 18.2. The van der Waals surface area contributed by atoms with Crippen molar-refractivity contribution in [1.29, 1.82) is 0 Å². The zero-order valence-electron chi connectivity index (χ0n) is 15.8. The Morgan fingerprint density at radius 2 is 2.04 bits per heavy atom. The fourth-order valence-electron chi connectivity index (χ4n) is 3.04. The average Bonchev–Trinajstić information content (AvgIpc) is 2.62. The number of hydrogen-bond donors (Lipinski definition) is 2. The molecule has 1 aromatic carbocycles. The molecular formula is C19H30FIN4O. The maximum absolute atomic E-state index is 13.7. The van der Waals surface area contributed by atoms with Crippen LogP contribution in [0.1, 0.15) is 37.3 Å². The summed E-state index contributed by atoms with van der Waals surface area (Å²) in [6, 6.07) is 5.26. The van der Waals surface area contributed by atoms with Gasteiger partial charge in [0.15, 0.2) is 5.96 Å². The van der Waals surface area contributed by atoms with Crippen LogP contribution >= 0.6 is 24.0 Å². The lowest BCUT2D eigenvalue weighted by atomic mass is 9.93. The predicted molar refractivity (Wildman–Crippen MR) is 114 cm³/mol. The van der Waals surface area contributed by atoms with Crippen LogP contribution in [-0.4, -0.2) is 43.4 Å². The number of likely N-dealkylation sites (tertiary alicyclic amines) is 1. The number of benzene rings is 1. The lowest BCUT2D eigenvalue weighted by Gasteiger charge is -2.34. The fourth-order valence-corrected chi connectivity index (χ4v) is 3.04. The van der Waals surface area contributed by atoms with Gasteiger partial charge in [-0.1, -0.05) is 12.1 Å². The molecule has 1 fully saturated rings. The van der Waals surface area contributed by atoms with Gasteiger partial charge in [0, 0.05) is 33.1 Å². The van der Waals surface area contributed by atoms with Gasteiger partial charge >= 0.3 is 0 Å². The highest BCUT2D eigenvalue weighted by molar-refractivity contribution is 14.0. The van der Waals surface area contributed by atoms with Crippen molar-refractivity contribution in [2.45, 2.75) is 39.7 Å². The molecule has 0 unspecified atom stereocenters. The molecule has 5 nitrogen and oxygen atoms in total. The SMILES string of the molecule is CCNC(=NCc1ccc(C)c(F)c1)N1CCC(CC(=O)NC)CC1.I. The van der Waals surface area contributed by atoms with E-state index in [1.54, 1.807) is 26.1 Å².